The molecule has 27 heavy (non-hydrogen) atoms. The van der Waals surface area contributed by atoms with Gasteiger partial charge in [0.2, 0.25) is 10.0 Å². The highest BCUT2D eigenvalue weighted by Gasteiger charge is 2.43. The van der Waals surface area contributed by atoms with Gasteiger partial charge in [0, 0.05) is 18.7 Å². The summed E-state index contributed by atoms with van der Waals surface area (Å²) < 4.78 is 32.4. The van der Waals surface area contributed by atoms with Gasteiger partial charge in [-0.3, -0.25) is 4.79 Å². The summed E-state index contributed by atoms with van der Waals surface area (Å²) >= 11 is 0. The first-order valence-corrected chi connectivity index (χ1v) is 10.5. The van der Waals surface area contributed by atoms with E-state index >= 15 is 0 Å². The van der Waals surface area contributed by atoms with Gasteiger partial charge < -0.3 is 15.2 Å². The highest BCUT2D eigenvalue weighted by molar-refractivity contribution is 7.89. The number of carboxylic acids is 1. The number of nitrogens with one attached hydrogen (secondary N) is 1. The van der Waals surface area contributed by atoms with Crippen LogP contribution in [0.2, 0.25) is 0 Å². The zero-order chi connectivity index (χ0) is 19.7. The lowest BCUT2D eigenvalue weighted by Gasteiger charge is -2.25. The van der Waals surface area contributed by atoms with Crippen LogP contribution in [0, 0.1) is 0 Å². The maximum atomic E-state index is 12.9. The predicted octanol–water partition coefficient (Wildman–Crippen LogP) is 1.61. The van der Waals surface area contributed by atoms with Crippen LogP contribution in [0.25, 0.3) is 0 Å². The van der Waals surface area contributed by atoms with Crippen LogP contribution in [0.3, 0.4) is 0 Å². The molecule has 9 heteroatoms. The van der Waals surface area contributed by atoms with Crippen molar-refractivity contribution in [2.24, 2.45) is 0 Å². The number of methoxy groups -OCH3 is 1. The van der Waals surface area contributed by atoms with Crippen molar-refractivity contribution in [1.29, 1.82) is 0 Å². The van der Waals surface area contributed by atoms with Crippen molar-refractivity contribution in [3.63, 3.8) is 0 Å². The number of amides is 1. The second kappa shape index (κ2) is 7.47. The maximum absolute atomic E-state index is 12.9. The average Bonchev–Trinajstić information content (AvgIpc) is 3.34. The number of hydrogen-bond donors (Lipinski definition) is 2. The summed E-state index contributed by atoms with van der Waals surface area (Å²) in [6, 6.07) is 4.15. The minimum Gasteiger partial charge on any atom is -0.495 e. The fourth-order valence-electron chi connectivity index (χ4n) is 3.75. The van der Waals surface area contributed by atoms with E-state index in [1.807, 2.05) is 0 Å². The van der Waals surface area contributed by atoms with Gasteiger partial charge in [0.15, 0.2) is 0 Å². The van der Waals surface area contributed by atoms with E-state index in [1.165, 1.54) is 29.6 Å². The van der Waals surface area contributed by atoms with Crippen LogP contribution in [0.15, 0.2) is 23.1 Å². The smallest absolute Gasteiger partial charge is 0.329 e. The lowest BCUT2D eigenvalue weighted by Crippen LogP contribution is -2.52. The number of rotatable bonds is 6. The van der Waals surface area contributed by atoms with Crippen molar-refractivity contribution in [3.05, 3.63) is 23.8 Å². The number of carboxylic acid groups (broad SMARTS) is 1. The minimum absolute atomic E-state index is 0.0738. The topological polar surface area (TPSA) is 113 Å². The molecule has 2 N–H and O–H groups in total. The first kappa shape index (κ1) is 19.6. The van der Waals surface area contributed by atoms with Gasteiger partial charge in [-0.1, -0.05) is 12.8 Å². The highest BCUT2D eigenvalue weighted by Crippen LogP contribution is 2.32. The Kier molecular flexibility index (Phi) is 5.43. The number of carbonyl (C=O) groups excluding carboxylic acids is 1. The first-order valence-electron chi connectivity index (χ1n) is 9.04. The van der Waals surface area contributed by atoms with E-state index in [1.54, 1.807) is 0 Å². The van der Waals surface area contributed by atoms with E-state index < -0.39 is 27.4 Å². The number of hydrogen-bond acceptors (Lipinski definition) is 5. The van der Waals surface area contributed by atoms with Crippen LogP contribution in [0.5, 0.6) is 5.75 Å². The fourth-order valence-corrected chi connectivity index (χ4v) is 5.45. The monoisotopic (exact) mass is 396 g/mol. The van der Waals surface area contributed by atoms with Gasteiger partial charge in [-0.15, -0.1) is 0 Å². The van der Waals surface area contributed by atoms with Crippen molar-refractivity contribution < 1.29 is 27.9 Å². The summed E-state index contributed by atoms with van der Waals surface area (Å²) in [6.45, 7) is 0.869. The lowest BCUT2D eigenvalue weighted by atomic mass is 9.97. The summed E-state index contributed by atoms with van der Waals surface area (Å²) in [6.07, 6.45) is 3.77. The van der Waals surface area contributed by atoms with Crippen molar-refractivity contribution >= 4 is 21.9 Å². The van der Waals surface area contributed by atoms with E-state index in [-0.39, 0.29) is 16.2 Å². The summed E-state index contributed by atoms with van der Waals surface area (Å²) in [5.41, 5.74) is -1.19. The van der Waals surface area contributed by atoms with Crippen molar-refractivity contribution in [3.8, 4) is 5.75 Å². The standard InChI is InChI=1S/C18H24N2O6S/c1-26-14-7-6-13(12-15(14)27(24,25)20-10-4-5-11-20)16(21)19-18(17(22)23)8-2-3-9-18/h6-7,12H,2-5,8-11H2,1H3,(H,19,21)(H,22,23). The summed E-state index contributed by atoms with van der Waals surface area (Å²) in [5.74, 6) is -1.50. The number of benzene rings is 1. The van der Waals surface area contributed by atoms with Gasteiger partial charge in [0.25, 0.3) is 5.91 Å². The van der Waals surface area contributed by atoms with Crippen molar-refractivity contribution in [2.75, 3.05) is 20.2 Å². The second-order valence-corrected chi connectivity index (χ2v) is 8.93. The molecule has 1 heterocycles. The lowest BCUT2D eigenvalue weighted by molar-refractivity contribution is -0.144. The van der Waals surface area contributed by atoms with Crippen LogP contribution in [-0.2, 0) is 14.8 Å². The molecule has 0 atom stereocenters. The highest BCUT2D eigenvalue weighted by atomic mass is 32.2. The van der Waals surface area contributed by atoms with Gasteiger partial charge in [-0.05, 0) is 43.9 Å². The zero-order valence-corrected chi connectivity index (χ0v) is 16.0. The van der Waals surface area contributed by atoms with Gasteiger partial charge >= 0.3 is 5.97 Å². The Morgan fingerprint density at radius 2 is 1.78 bits per heavy atom. The molecule has 1 saturated carbocycles. The summed E-state index contributed by atoms with van der Waals surface area (Å²) in [5, 5.41) is 12.1. The minimum atomic E-state index is -3.78. The Balaban J connectivity index is 1.93. The Bertz CT molecular complexity index is 839. The third-order valence-corrected chi connectivity index (χ3v) is 7.25. The fraction of sp³-hybridized carbons (Fsp3) is 0.556. The zero-order valence-electron chi connectivity index (χ0n) is 15.2. The van der Waals surface area contributed by atoms with Gasteiger partial charge in [-0.25, -0.2) is 13.2 Å². The number of aliphatic carboxylic acids is 1. The number of nitrogens with zero attached hydrogens (tertiary/aromatic N) is 1. The second-order valence-electron chi connectivity index (χ2n) is 7.03. The van der Waals surface area contributed by atoms with Crippen LogP contribution >= 0.6 is 0 Å². The third kappa shape index (κ3) is 3.66. The normalized spacial score (nSPS) is 19.7. The van der Waals surface area contributed by atoms with Crippen LogP contribution < -0.4 is 10.1 Å². The quantitative estimate of drug-likeness (QED) is 0.755. The van der Waals surface area contributed by atoms with Crippen LogP contribution in [0.1, 0.15) is 48.9 Å². The molecule has 3 rings (SSSR count). The Morgan fingerprint density at radius 3 is 2.33 bits per heavy atom. The van der Waals surface area contributed by atoms with E-state index in [2.05, 4.69) is 5.32 Å². The van der Waals surface area contributed by atoms with E-state index in [4.69, 9.17) is 4.74 Å². The first-order chi connectivity index (χ1) is 12.8. The number of sulfonamides is 1. The largest absolute Gasteiger partial charge is 0.495 e. The molecular weight excluding hydrogens is 372 g/mol. The van der Waals surface area contributed by atoms with E-state index in [0.717, 1.165) is 25.7 Å². The summed E-state index contributed by atoms with van der Waals surface area (Å²) in [7, 11) is -2.41. The molecule has 0 unspecified atom stereocenters. The molecule has 1 aliphatic heterocycles. The Morgan fingerprint density at radius 1 is 1.15 bits per heavy atom. The van der Waals surface area contributed by atoms with Crippen LogP contribution in [0.4, 0.5) is 0 Å². The van der Waals surface area contributed by atoms with Crippen molar-refractivity contribution in [1.82, 2.24) is 9.62 Å². The molecule has 1 aromatic carbocycles. The SMILES string of the molecule is COc1ccc(C(=O)NC2(C(=O)O)CCCC2)cc1S(=O)(=O)N1CCCC1. The van der Waals surface area contributed by atoms with E-state index in [0.29, 0.717) is 25.9 Å². The third-order valence-electron chi connectivity index (χ3n) is 5.33. The molecular formula is C18H24N2O6S. The molecule has 1 aromatic rings. The molecule has 0 bridgehead atoms. The molecule has 0 radical (unpaired) electrons. The number of carbonyl (C=O) groups is 2. The van der Waals surface area contributed by atoms with Crippen LogP contribution in [-0.4, -0.2) is 55.4 Å². The molecule has 0 aromatic heterocycles. The van der Waals surface area contributed by atoms with Gasteiger partial charge in [0.05, 0.1) is 7.11 Å². The molecule has 1 aliphatic carbocycles. The maximum Gasteiger partial charge on any atom is 0.329 e. The Labute approximate surface area is 158 Å². The predicted molar refractivity (Wildman–Crippen MR) is 97.3 cm³/mol. The molecule has 2 fully saturated rings. The van der Waals surface area contributed by atoms with Gasteiger partial charge in [-0.2, -0.15) is 4.31 Å². The molecule has 1 saturated heterocycles. The van der Waals surface area contributed by atoms with Crippen molar-refractivity contribution in [2.45, 2.75) is 49.0 Å². The Hall–Kier alpha value is -2.13. The molecule has 148 valence electrons. The number of ether oxygens (including phenoxy) is 1. The van der Waals surface area contributed by atoms with Gasteiger partial charge in [0.1, 0.15) is 16.2 Å². The molecule has 1 amide bonds. The average molecular weight is 396 g/mol. The van der Waals surface area contributed by atoms with E-state index in [9.17, 15) is 23.1 Å². The molecule has 2 aliphatic rings. The molecule has 8 nitrogen and oxygen atoms in total. The summed E-state index contributed by atoms with van der Waals surface area (Å²) in [4.78, 5) is 24.3. The molecule has 0 spiro atoms.